The van der Waals surface area contributed by atoms with Crippen molar-refractivity contribution in [1.82, 2.24) is 14.9 Å². The van der Waals surface area contributed by atoms with Gasteiger partial charge in [0.15, 0.2) is 0 Å². The minimum Gasteiger partial charge on any atom is -0.475 e. The summed E-state index contributed by atoms with van der Waals surface area (Å²) in [5.41, 5.74) is 0. The Morgan fingerprint density at radius 1 is 1.42 bits per heavy atom. The van der Waals surface area contributed by atoms with Gasteiger partial charge < -0.3 is 10.1 Å². The molecule has 0 atom stereocenters. The number of nitrogens with zero attached hydrogens (tertiary/aromatic N) is 3. The predicted molar refractivity (Wildman–Crippen MR) is 80.1 cm³/mol. The molecule has 2 heterocycles. The van der Waals surface area contributed by atoms with Crippen LogP contribution in [0.1, 0.15) is 13.8 Å². The van der Waals surface area contributed by atoms with Gasteiger partial charge in [0.05, 0.1) is 6.10 Å². The fourth-order valence-corrected chi connectivity index (χ4v) is 2.86. The van der Waals surface area contributed by atoms with Crippen molar-refractivity contribution in [3.8, 4) is 5.88 Å². The van der Waals surface area contributed by atoms with Crippen LogP contribution in [0.3, 0.4) is 0 Å². The smallest absolute Gasteiger partial charge is 0.225 e. The van der Waals surface area contributed by atoms with Gasteiger partial charge >= 0.3 is 0 Å². The van der Waals surface area contributed by atoms with Crippen molar-refractivity contribution in [2.75, 3.05) is 43.0 Å². The minimum atomic E-state index is 0.133. The third-order valence-corrected chi connectivity index (χ3v) is 3.74. The van der Waals surface area contributed by atoms with Gasteiger partial charge in [-0.25, -0.2) is 4.98 Å². The highest BCUT2D eigenvalue weighted by molar-refractivity contribution is 7.99. The SMILES string of the molecule is CC(C)Oc1ccnc(NCCN2CCSCC2)n1. The molecular weight excluding hydrogens is 260 g/mol. The molecule has 5 nitrogen and oxygen atoms in total. The molecular formula is C13H22N4OS. The molecule has 1 aromatic heterocycles. The summed E-state index contributed by atoms with van der Waals surface area (Å²) >= 11 is 2.03. The summed E-state index contributed by atoms with van der Waals surface area (Å²) in [4.78, 5) is 11.0. The average Bonchev–Trinajstić information content (AvgIpc) is 2.40. The van der Waals surface area contributed by atoms with Crippen molar-refractivity contribution in [3.05, 3.63) is 12.3 Å². The molecule has 0 spiro atoms. The number of thioether (sulfide) groups is 1. The lowest BCUT2D eigenvalue weighted by Crippen LogP contribution is -2.36. The van der Waals surface area contributed by atoms with Crippen LogP contribution in [0, 0.1) is 0 Å². The van der Waals surface area contributed by atoms with E-state index in [-0.39, 0.29) is 6.10 Å². The van der Waals surface area contributed by atoms with Crippen LogP contribution in [-0.2, 0) is 0 Å². The molecule has 0 bridgehead atoms. The molecule has 19 heavy (non-hydrogen) atoms. The van der Waals surface area contributed by atoms with Gasteiger partial charge in [0.25, 0.3) is 0 Å². The standard InChI is InChI=1S/C13H22N4OS/c1-11(2)18-12-3-4-14-13(16-12)15-5-6-17-7-9-19-10-8-17/h3-4,11H,5-10H2,1-2H3,(H,14,15,16). The van der Waals surface area contributed by atoms with Crippen molar-refractivity contribution >= 4 is 17.7 Å². The van der Waals surface area contributed by atoms with Crippen LogP contribution in [0.15, 0.2) is 12.3 Å². The molecule has 0 unspecified atom stereocenters. The Balaban J connectivity index is 1.75. The first-order valence-corrected chi connectivity index (χ1v) is 7.93. The molecule has 1 N–H and O–H groups in total. The molecule has 0 radical (unpaired) electrons. The fraction of sp³-hybridized carbons (Fsp3) is 0.692. The second-order valence-corrected chi connectivity index (χ2v) is 5.99. The zero-order valence-corrected chi connectivity index (χ0v) is 12.4. The number of hydrogen-bond donors (Lipinski definition) is 1. The van der Waals surface area contributed by atoms with Crippen LogP contribution in [0.5, 0.6) is 5.88 Å². The first kappa shape index (κ1) is 14.4. The lowest BCUT2D eigenvalue weighted by molar-refractivity contribution is 0.232. The Bertz CT molecular complexity index is 383. The molecule has 0 amide bonds. The number of ether oxygens (including phenoxy) is 1. The Hall–Kier alpha value is -1.01. The maximum Gasteiger partial charge on any atom is 0.225 e. The number of anilines is 1. The molecule has 0 aliphatic carbocycles. The van der Waals surface area contributed by atoms with Crippen LogP contribution in [-0.4, -0.2) is 58.7 Å². The van der Waals surface area contributed by atoms with Crippen LogP contribution in [0.4, 0.5) is 5.95 Å². The van der Waals surface area contributed by atoms with Gasteiger partial charge in [-0.2, -0.15) is 16.7 Å². The van der Waals surface area contributed by atoms with E-state index in [4.69, 9.17) is 4.74 Å². The Morgan fingerprint density at radius 3 is 2.95 bits per heavy atom. The highest BCUT2D eigenvalue weighted by Crippen LogP contribution is 2.11. The molecule has 1 aromatic rings. The summed E-state index contributed by atoms with van der Waals surface area (Å²) in [6.07, 6.45) is 1.86. The third-order valence-electron chi connectivity index (χ3n) is 2.80. The lowest BCUT2D eigenvalue weighted by Gasteiger charge is -2.25. The molecule has 6 heteroatoms. The van der Waals surface area contributed by atoms with E-state index < -0.39 is 0 Å². The number of aromatic nitrogens is 2. The van der Waals surface area contributed by atoms with Gasteiger partial charge in [-0.15, -0.1) is 0 Å². The van der Waals surface area contributed by atoms with Gasteiger partial charge in [-0.1, -0.05) is 0 Å². The van der Waals surface area contributed by atoms with E-state index in [0.29, 0.717) is 11.8 Å². The van der Waals surface area contributed by atoms with Crippen molar-refractivity contribution in [2.24, 2.45) is 0 Å². The molecule has 1 aliphatic heterocycles. The monoisotopic (exact) mass is 282 g/mol. The van der Waals surface area contributed by atoms with Crippen LogP contribution in [0.2, 0.25) is 0 Å². The van der Waals surface area contributed by atoms with Crippen LogP contribution < -0.4 is 10.1 Å². The summed E-state index contributed by atoms with van der Waals surface area (Å²) in [6, 6.07) is 1.78. The maximum atomic E-state index is 5.55. The zero-order chi connectivity index (χ0) is 13.5. The summed E-state index contributed by atoms with van der Waals surface area (Å²) in [5, 5.41) is 3.25. The molecule has 106 valence electrons. The van der Waals surface area contributed by atoms with E-state index in [1.807, 2.05) is 25.6 Å². The summed E-state index contributed by atoms with van der Waals surface area (Å²) < 4.78 is 5.55. The quantitative estimate of drug-likeness (QED) is 0.857. The normalized spacial score (nSPS) is 16.6. The van der Waals surface area contributed by atoms with Gasteiger partial charge in [0.1, 0.15) is 0 Å². The number of rotatable bonds is 6. The summed E-state index contributed by atoms with van der Waals surface area (Å²) in [6.45, 7) is 8.26. The fourth-order valence-electron chi connectivity index (χ4n) is 1.89. The Labute approximate surface area is 119 Å². The first-order chi connectivity index (χ1) is 9.24. The second-order valence-electron chi connectivity index (χ2n) is 4.77. The van der Waals surface area contributed by atoms with Crippen molar-refractivity contribution < 1.29 is 4.74 Å². The van der Waals surface area contributed by atoms with Gasteiger partial charge in [-0.05, 0) is 13.8 Å². The van der Waals surface area contributed by atoms with Crippen molar-refractivity contribution in [3.63, 3.8) is 0 Å². The van der Waals surface area contributed by atoms with E-state index in [9.17, 15) is 0 Å². The Morgan fingerprint density at radius 2 is 2.21 bits per heavy atom. The topological polar surface area (TPSA) is 50.3 Å². The lowest BCUT2D eigenvalue weighted by atomic mass is 10.4. The predicted octanol–water partition coefficient (Wildman–Crippen LogP) is 1.72. The van der Waals surface area contributed by atoms with E-state index in [2.05, 4.69) is 20.2 Å². The van der Waals surface area contributed by atoms with Gasteiger partial charge in [0.2, 0.25) is 11.8 Å². The van der Waals surface area contributed by atoms with E-state index in [1.54, 1.807) is 12.3 Å². The maximum absolute atomic E-state index is 5.55. The van der Waals surface area contributed by atoms with Gasteiger partial charge in [-0.3, -0.25) is 4.90 Å². The number of nitrogens with one attached hydrogen (secondary N) is 1. The van der Waals surface area contributed by atoms with E-state index >= 15 is 0 Å². The van der Waals surface area contributed by atoms with Gasteiger partial charge in [0, 0.05) is 49.9 Å². The first-order valence-electron chi connectivity index (χ1n) is 6.78. The minimum absolute atomic E-state index is 0.133. The van der Waals surface area contributed by atoms with Crippen molar-refractivity contribution in [1.29, 1.82) is 0 Å². The summed E-state index contributed by atoms with van der Waals surface area (Å²) in [5.74, 6) is 3.76. The molecule has 1 saturated heterocycles. The van der Waals surface area contributed by atoms with E-state index in [1.165, 1.54) is 24.6 Å². The Kier molecular flexibility index (Phi) is 5.72. The largest absolute Gasteiger partial charge is 0.475 e. The molecule has 0 saturated carbocycles. The number of hydrogen-bond acceptors (Lipinski definition) is 6. The molecule has 1 fully saturated rings. The van der Waals surface area contributed by atoms with Crippen molar-refractivity contribution in [2.45, 2.75) is 20.0 Å². The molecule has 2 rings (SSSR count). The highest BCUT2D eigenvalue weighted by Gasteiger charge is 2.09. The average molecular weight is 282 g/mol. The molecule has 1 aliphatic rings. The van der Waals surface area contributed by atoms with Crippen LogP contribution >= 0.6 is 11.8 Å². The second kappa shape index (κ2) is 7.55. The zero-order valence-electron chi connectivity index (χ0n) is 11.6. The third kappa shape index (κ3) is 5.24. The van der Waals surface area contributed by atoms with E-state index in [0.717, 1.165) is 13.1 Å². The highest BCUT2D eigenvalue weighted by atomic mass is 32.2. The molecule has 0 aromatic carbocycles. The van der Waals surface area contributed by atoms with Crippen LogP contribution in [0.25, 0.3) is 0 Å². The summed E-state index contributed by atoms with van der Waals surface area (Å²) in [7, 11) is 0.